The fourth-order valence-electron chi connectivity index (χ4n) is 3.49. The van der Waals surface area contributed by atoms with Gasteiger partial charge in [-0.15, -0.1) is 0 Å². The smallest absolute Gasteiger partial charge is 0.409 e. The van der Waals surface area contributed by atoms with Crippen molar-refractivity contribution in [3.05, 3.63) is 35.9 Å². The molecule has 0 N–H and O–H groups in total. The summed E-state index contributed by atoms with van der Waals surface area (Å²) in [5.74, 6) is 0.116. The lowest BCUT2D eigenvalue weighted by Crippen LogP contribution is -2.52. The average Bonchev–Trinajstić information content (AvgIpc) is 3.03. The quantitative estimate of drug-likeness (QED) is 0.813. The van der Waals surface area contributed by atoms with Crippen molar-refractivity contribution in [3.8, 4) is 0 Å². The van der Waals surface area contributed by atoms with Gasteiger partial charge in [-0.2, -0.15) is 0 Å². The fourth-order valence-corrected chi connectivity index (χ4v) is 3.49. The number of carbonyl (C=O) groups excluding carboxylic acids is 3. The van der Waals surface area contributed by atoms with Crippen LogP contribution in [0.15, 0.2) is 30.3 Å². The maximum Gasteiger partial charge on any atom is 0.409 e. The summed E-state index contributed by atoms with van der Waals surface area (Å²) in [6.45, 7) is 4.68. The van der Waals surface area contributed by atoms with Crippen LogP contribution >= 0.6 is 0 Å². The summed E-state index contributed by atoms with van der Waals surface area (Å²) in [5, 5.41) is 0. The highest BCUT2D eigenvalue weighted by Crippen LogP contribution is 2.27. The van der Waals surface area contributed by atoms with Crippen molar-refractivity contribution >= 4 is 17.9 Å². The number of amides is 3. The first-order valence-corrected chi connectivity index (χ1v) is 9.10. The second-order valence-corrected chi connectivity index (χ2v) is 6.65. The van der Waals surface area contributed by atoms with Gasteiger partial charge in [0.1, 0.15) is 0 Å². The summed E-state index contributed by atoms with van der Waals surface area (Å²) >= 11 is 0. The third-order valence-electron chi connectivity index (χ3n) is 4.97. The van der Waals surface area contributed by atoms with Gasteiger partial charge in [-0.1, -0.05) is 30.3 Å². The lowest BCUT2D eigenvalue weighted by atomic mass is 9.99. The first-order valence-electron chi connectivity index (χ1n) is 9.10. The average molecular weight is 359 g/mol. The predicted octanol–water partition coefficient (Wildman–Crippen LogP) is 1.30. The van der Waals surface area contributed by atoms with E-state index in [0.717, 1.165) is 5.56 Å². The Morgan fingerprint density at radius 3 is 2.38 bits per heavy atom. The van der Waals surface area contributed by atoms with E-state index in [1.165, 1.54) is 0 Å². The molecular formula is C19H25N3O4. The van der Waals surface area contributed by atoms with Gasteiger partial charge in [0, 0.05) is 45.1 Å². The first-order chi connectivity index (χ1) is 12.6. The number of likely N-dealkylation sites (tertiary alicyclic amines) is 1. The van der Waals surface area contributed by atoms with Crippen LogP contribution in [-0.2, 0) is 14.3 Å². The van der Waals surface area contributed by atoms with Crippen LogP contribution in [0.25, 0.3) is 0 Å². The highest BCUT2D eigenvalue weighted by atomic mass is 16.6. The van der Waals surface area contributed by atoms with Crippen LogP contribution in [0, 0.1) is 0 Å². The molecule has 2 fully saturated rings. The lowest BCUT2D eigenvalue weighted by molar-refractivity contribution is -0.139. The number of benzene rings is 1. The molecule has 0 aliphatic carbocycles. The molecule has 0 unspecified atom stereocenters. The van der Waals surface area contributed by atoms with Gasteiger partial charge in [0.25, 0.3) is 0 Å². The molecule has 1 aromatic carbocycles. The zero-order valence-electron chi connectivity index (χ0n) is 15.1. The standard InChI is InChI=1S/C19H25N3O4/c1-2-26-19(25)21-10-8-20(9-11-21)18(24)14-22-13-16(12-17(22)23)15-6-4-3-5-7-15/h3-7,16H,2,8-14H2,1H3/t16-/m0/s1. The summed E-state index contributed by atoms with van der Waals surface area (Å²) in [7, 11) is 0. The maximum absolute atomic E-state index is 12.5. The number of piperazine rings is 1. The summed E-state index contributed by atoms with van der Waals surface area (Å²) < 4.78 is 4.98. The Bertz CT molecular complexity index is 656. The molecule has 2 aliphatic heterocycles. The molecule has 2 aliphatic rings. The van der Waals surface area contributed by atoms with Gasteiger partial charge in [-0.05, 0) is 12.5 Å². The SMILES string of the molecule is CCOC(=O)N1CCN(C(=O)CN2C[C@@H](c3ccccc3)CC2=O)CC1. The Balaban J connectivity index is 1.50. The summed E-state index contributed by atoms with van der Waals surface area (Å²) in [6.07, 6.45) is 0.119. The van der Waals surface area contributed by atoms with Gasteiger partial charge in [-0.25, -0.2) is 4.79 Å². The minimum absolute atomic E-state index is 0.0253. The van der Waals surface area contributed by atoms with Gasteiger partial charge in [-0.3, -0.25) is 9.59 Å². The Morgan fingerprint density at radius 2 is 1.73 bits per heavy atom. The second kappa shape index (κ2) is 8.21. The molecule has 2 saturated heterocycles. The Labute approximate surface area is 153 Å². The Morgan fingerprint density at radius 1 is 1.08 bits per heavy atom. The lowest BCUT2D eigenvalue weighted by Gasteiger charge is -2.34. The molecule has 2 heterocycles. The topological polar surface area (TPSA) is 70.2 Å². The Kier molecular flexibility index (Phi) is 5.75. The maximum atomic E-state index is 12.5. The van der Waals surface area contributed by atoms with Crippen molar-refractivity contribution in [1.29, 1.82) is 0 Å². The molecule has 140 valence electrons. The number of hydrogen-bond donors (Lipinski definition) is 0. The van der Waals surface area contributed by atoms with Crippen molar-refractivity contribution in [2.45, 2.75) is 19.3 Å². The van der Waals surface area contributed by atoms with Gasteiger partial charge in [0.2, 0.25) is 11.8 Å². The van der Waals surface area contributed by atoms with Crippen molar-refractivity contribution in [3.63, 3.8) is 0 Å². The van der Waals surface area contributed by atoms with E-state index in [-0.39, 0.29) is 30.4 Å². The molecule has 0 bridgehead atoms. The van der Waals surface area contributed by atoms with Crippen LogP contribution in [0.3, 0.4) is 0 Å². The van der Waals surface area contributed by atoms with Gasteiger partial charge >= 0.3 is 6.09 Å². The minimum atomic E-state index is -0.333. The zero-order valence-corrected chi connectivity index (χ0v) is 15.1. The highest BCUT2D eigenvalue weighted by molar-refractivity contribution is 5.86. The van der Waals surface area contributed by atoms with E-state index in [2.05, 4.69) is 0 Å². The highest BCUT2D eigenvalue weighted by Gasteiger charge is 2.33. The molecule has 7 nitrogen and oxygen atoms in total. The summed E-state index contributed by atoms with van der Waals surface area (Å²) in [6, 6.07) is 9.94. The summed E-state index contributed by atoms with van der Waals surface area (Å²) in [5.41, 5.74) is 1.14. The van der Waals surface area contributed by atoms with E-state index in [4.69, 9.17) is 4.74 Å². The third kappa shape index (κ3) is 4.15. The van der Waals surface area contributed by atoms with Crippen molar-refractivity contribution in [1.82, 2.24) is 14.7 Å². The van der Waals surface area contributed by atoms with Gasteiger partial charge in [0.05, 0.1) is 13.2 Å². The van der Waals surface area contributed by atoms with Crippen LogP contribution < -0.4 is 0 Å². The molecule has 7 heteroatoms. The number of rotatable bonds is 4. The predicted molar refractivity (Wildman–Crippen MR) is 95.6 cm³/mol. The van der Waals surface area contributed by atoms with Crippen LogP contribution in [0.5, 0.6) is 0 Å². The number of nitrogens with zero attached hydrogens (tertiary/aromatic N) is 3. The molecule has 0 saturated carbocycles. The summed E-state index contributed by atoms with van der Waals surface area (Å²) in [4.78, 5) is 41.5. The molecule has 3 amide bonds. The molecule has 0 aromatic heterocycles. The second-order valence-electron chi connectivity index (χ2n) is 6.65. The molecule has 1 aromatic rings. The molecule has 3 rings (SSSR count). The van der Waals surface area contributed by atoms with Crippen molar-refractivity contribution in [2.24, 2.45) is 0 Å². The normalized spacial score (nSPS) is 20.4. The molecule has 0 spiro atoms. The van der Waals surface area contributed by atoms with E-state index < -0.39 is 0 Å². The van der Waals surface area contributed by atoms with E-state index in [0.29, 0.717) is 45.8 Å². The van der Waals surface area contributed by atoms with Crippen LogP contribution in [-0.4, -0.2) is 78.5 Å². The van der Waals surface area contributed by atoms with E-state index in [1.807, 2.05) is 30.3 Å². The largest absolute Gasteiger partial charge is 0.450 e. The zero-order chi connectivity index (χ0) is 18.5. The molecule has 0 radical (unpaired) electrons. The fraction of sp³-hybridized carbons (Fsp3) is 0.526. The van der Waals surface area contributed by atoms with Crippen LogP contribution in [0.4, 0.5) is 4.79 Å². The number of ether oxygens (including phenoxy) is 1. The van der Waals surface area contributed by atoms with Crippen molar-refractivity contribution < 1.29 is 19.1 Å². The van der Waals surface area contributed by atoms with Crippen LogP contribution in [0.1, 0.15) is 24.8 Å². The molecular weight excluding hydrogens is 334 g/mol. The van der Waals surface area contributed by atoms with Crippen LogP contribution in [0.2, 0.25) is 0 Å². The Hall–Kier alpha value is -2.57. The molecule has 1 atom stereocenters. The minimum Gasteiger partial charge on any atom is -0.450 e. The molecule has 26 heavy (non-hydrogen) atoms. The first kappa shape index (κ1) is 18.2. The van der Waals surface area contributed by atoms with E-state index in [9.17, 15) is 14.4 Å². The van der Waals surface area contributed by atoms with Gasteiger partial charge < -0.3 is 19.4 Å². The number of carbonyl (C=O) groups is 3. The van der Waals surface area contributed by atoms with E-state index >= 15 is 0 Å². The van der Waals surface area contributed by atoms with Crippen molar-refractivity contribution in [2.75, 3.05) is 45.9 Å². The monoisotopic (exact) mass is 359 g/mol. The van der Waals surface area contributed by atoms with Gasteiger partial charge in [0.15, 0.2) is 0 Å². The number of hydrogen-bond acceptors (Lipinski definition) is 4. The van der Waals surface area contributed by atoms with E-state index in [1.54, 1.807) is 21.6 Å². The third-order valence-corrected chi connectivity index (χ3v) is 4.97.